The lowest BCUT2D eigenvalue weighted by Crippen LogP contribution is -2.55. The van der Waals surface area contributed by atoms with E-state index in [4.69, 9.17) is 10.5 Å². The molecule has 3 aliphatic rings. The summed E-state index contributed by atoms with van der Waals surface area (Å²) in [5.74, 6) is -0.518. The molecule has 13 heteroatoms. The highest BCUT2D eigenvalue weighted by Crippen LogP contribution is 2.51. The molecular weight excluding hydrogens is 515 g/mol. The Morgan fingerprint density at radius 3 is 2.59 bits per heavy atom. The molecule has 1 saturated carbocycles. The van der Waals surface area contributed by atoms with E-state index in [9.17, 15) is 22.8 Å². The fraction of sp³-hybridized carbons (Fsp3) is 0.346. The summed E-state index contributed by atoms with van der Waals surface area (Å²) >= 11 is 0. The van der Waals surface area contributed by atoms with Crippen LogP contribution in [0, 0.1) is 5.41 Å². The van der Waals surface area contributed by atoms with Crippen molar-refractivity contribution in [3.63, 3.8) is 0 Å². The van der Waals surface area contributed by atoms with Crippen molar-refractivity contribution in [3.8, 4) is 0 Å². The third-order valence-electron chi connectivity index (χ3n) is 7.59. The van der Waals surface area contributed by atoms with Gasteiger partial charge in [-0.1, -0.05) is 0 Å². The van der Waals surface area contributed by atoms with E-state index in [1.54, 1.807) is 36.1 Å². The predicted octanol–water partition coefficient (Wildman–Crippen LogP) is 3.31. The molecule has 3 aromatic heterocycles. The number of pyridine rings is 2. The largest absolute Gasteiger partial charge is 0.417 e. The van der Waals surface area contributed by atoms with E-state index in [1.165, 1.54) is 23.1 Å². The highest BCUT2D eigenvalue weighted by molar-refractivity contribution is 6.10. The van der Waals surface area contributed by atoms with Gasteiger partial charge in [-0.05, 0) is 43.2 Å². The quantitative estimate of drug-likeness (QED) is 0.395. The van der Waals surface area contributed by atoms with Crippen LogP contribution in [-0.4, -0.2) is 61.3 Å². The fourth-order valence-electron chi connectivity index (χ4n) is 5.41. The molecule has 0 unspecified atom stereocenters. The van der Waals surface area contributed by atoms with Gasteiger partial charge in [0.1, 0.15) is 5.82 Å². The van der Waals surface area contributed by atoms with Gasteiger partial charge in [-0.25, -0.2) is 9.99 Å². The van der Waals surface area contributed by atoms with Gasteiger partial charge in [-0.15, -0.1) is 0 Å². The first kappa shape index (κ1) is 25.0. The van der Waals surface area contributed by atoms with Gasteiger partial charge in [0.25, 0.3) is 5.91 Å². The second-order valence-electron chi connectivity index (χ2n) is 10.1. The SMILES string of the molecule is CN(C(=O)C12COC(C1)C2)N(Cc1ccc(C(F)(F)F)cn1)C(=O)c1ccc2nc(N)c3cnn(C)c3c2c1. The first-order chi connectivity index (χ1) is 18.5. The molecular formula is C26H24F3N7O3. The monoisotopic (exact) mass is 539 g/mol. The van der Waals surface area contributed by atoms with Crippen LogP contribution in [-0.2, 0) is 29.3 Å². The molecule has 2 N–H and O–H groups in total. The average Bonchev–Trinajstić information content (AvgIpc) is 3.61. The number of hydrogen-bond donors (Lipinski definition) is 1. The van der Waals surface area contributed by atoms with Crippen molar-refractivity contribution in [2.45, 2.75) is 31.7 Å². The number of benzene rings is 1. The number of nitrogens with zero attached hydrogens (tertiary/aromatic N) is 6. The number of alkyl halides is 3. The number of nitrogens with two attached hydrogens (primary N) is 1. The Morgan fingerprint density at radius 2 is 1.95 bits per heavy atom. The number of aromatic nitrogens is 4. The van der Waals surface area contributed by atoms with Gasteiger partial charge in [0.2, 0.25) is 5.91 Å². The minimum absolute atomic E-state index is 0.0322. The highest BCUT2D eigenvalue weighted by atomic mass is 19.4. The number of ether oxygens (including phenoxy) is 1. The molecule has 2 bridgehead atoms. The molecule has 10 nitrogen and oxygen atoms in total. The Bertz CT molecular complexity index is 1620. The first-order valence-electron chi connectivity index (χ1n) is 12.2. The molecule has 0 radical (unpaired) electrons. The van der Waals surface area contributed by atoms with Gasteiger partial charge in [0.15, 0.2) is 0 Å². The van der Waals surface area contributed by atoms with Crippen molar-refractivity contribution in [1.82, 2.24) is 29.8 Å². The Morgan fingerprint density at radius 1 is 1.18 bits per heavy atom. The average molecular weight is 540 g/mol. The van der Waals surface area contributed by atoms with E-state index in [-0.39, 0.29) is 36.4 Å². The standard InChI is InChI=1S/C26H24F3N7O3/c1-34-21-18-7-14(3-6-20(18)33-22(30)19(21)11-32-34)23(37)36(12-16-5-4-15(10-31-16)26(27,28)29)35(2)24(38)25-8-17(9-25)39-13-25/h3-7,10-11,17H,8-9,12-13H2,1-2H3,(H2,30,33). The number of carbonyl (C=O) groups excluding carboxylic acids is 2. The topological polar surface area (TPSA) is 119 Å². The maximum Gasteiger partial charge on any atom is 0.417 e. The summed E-state index contributed by atoms with van der Waals surface area (Å²) in [6, 6.07) is 6.97. The van der Waals surface area contributed by atoms with Crippen molar-refractivity contribution in [2.24, 2.45) is 12.5 Å². The van der Waals surface area contributed by atoms with Crippen LogP contribution in [0.4, 0.5) is 19.0 Å². The Hall–Kier alpha value is -4.26. The number of carbonyl (C=O) groups is 2. The molecule has 2 aliphatic heterocycles. The third-order valence-corrected chi connectivity index (χ3v) is 7.59. The van der Waals surface area contributed by atoms with Crippen LogP contribution in [0.3, 0.4) is 0 Å². The number of anilines is 1. The highest BCUT2D eigenvalue weighted by Gasteiger charge is 2.58. The first-order valence-corrected chi connectivity index (χ1v) is 12.2. The van der Waals surface area contributed by atoms with Crippen molar-refractivity contribution < 1.29 is 27.5 Å². The van der Waals surface area contributed by atoms with Crippen LogP contribution in [0.5, 0.6) is 0 Å². The normalized spacial score (nSPS) is 20.3. The van der Waals surface area contributed by atoms with E-state index in [2.05, 4.69) is 15.1 Å². The fourth-order valence-corrected chi connectivity index (χ4v) is 5.41. The minimum atomic E-state index is -4.55. The maximum atomic E-state index is 13.9. The van der Waals surface area contributed by atoms with Crippen molar-refractivity contribution >= 4 is 39.4 Å². The van der Waals surface area contributed by atoms with Gasteiger partial charge in [0, 0.05) is 31.2 Å². The number of amides is 2. The van der Waals surface area contributed by atoms with E-state index in [0.29, 0.717) is 46.7 Å². The van der Waals surface area contributed by atoms with Crippen LogP contribution in [0.1, 0.15) is 34.5 Å². The van der Waals surface area contributed by atoms with Crippen LogP contribution in [0.15, 0.2) is 42.7 Å². The number of fused-ring (bicyclic) bond motifs is 4. The Balaban J connectivity index is 1.39. The van der Waals surface area contributed by atoms with Crippen molar-refractivity contribution in [2.75, 3.05) is 19.4 Å². The number of hydrogen-bond acceptors (Lipinski definition) is 7. The van der Waals surface area contributed by atoms with Gasteiger partial charge < -0.3 is 10.5 Å². The summed E-state index contributed by atoms with van der Waals surface area (Å²) in [7, 11) is 3.23. The number of rotatable bonds is 4. The molecule has 202 valence electrons. The van der Waals surface area contributed by atoms with E-state index < -0.39 is 23.1 Å². The number of hydrazine groups is 1. The molecule has 0 spiro atoms. The second kappa shape index (κ2) is 8.63. The van der Waals surface area contributed by atoms with Gasteiger partial charge >= 0.3 is 6.18 Å². The van der Waals surface area contributed by atoms with Crippen LogP contribution in [0.2, 0.25) is 0 Å². The van der Waals surface area contributed by atoms with Gasteiger partial charge in [-0.3, -0.25) is 24.3 Å². The maximum absolute atomic E-state index is 13.9. The van der Waals surface area contributed by atoms with E-state index >= 15 is 0 Å². The van der Waals surface area contributed by atoms with E-state index in [0.717, 1.165) is 6.07 Å². The molecule has 2 saturated heterocycles. The predicted molar refractivity (Wildman–Crippen MR) is 134 cm³/mol. The summed E-state index contributed by atoms with van der Waals surface area (Å²) in [6.45, 7) is 0.0433. The smallest absolute Gasteiger partial charge is 0.383 e. The van der Waals surface area contributed by atoms with Crippen LogP contribution >= 0.6 is 0 Å². The zero-order chi connectivity index (χ0) is 27.7. The molecule has 3 fully saturated rings. The summed E-state index contributed by atoms with van der Waals surface area (Å²) in [6.07, 6.45) is -1.07. The molecule has 1 aromatic carbocycles. The van der Waals surface area contributed by atoms with Crippen LogP contribution < -0.4 is 5.73 Å². The van der Waals surface area contributed by atoms with Gasteiger partial charge in [0.05, 0.1) is 58.5 Å². The lowest BCUT2D eigenvalue weighted by molar-refractivity contribution is -0.156. The van der Waals surface area contributed by atoms with E-state index in [1.807, 2.05) is 0 Å². The molecule has 2 amide bonds. The molecule has 39 heavy (non-hydrogen) atoms. The Kier molecular flexibility index (Phi) is 5.54. The zero-order valence-electron chi connectivity index (χ0n) is 21.1. The number of halogens is 3. The number of aryl methyl sites for hydroxylation is 1. The molecule has 1 aliphatic carbocycles. The number of nitrogen functional groups attached to an aromatic ring is 1. The lowest BCUT2D eigenvalue weighted by Gasteiger charge is -2.41. The molecule has 7 rings (SSSR count). The zero-order valence-corrected chi connectivity index (χ0v) is 21.1. The second-order valence-corrected chi connectivity index (χ2v) is 10.1. The Labute approximate surface area is 220 Å². The van der Waals surface area contributed by atoms with Crippen molar-refractivity contribution in [1.29, 1.82) is 0 Å². The summed E-state index contributed by atoms with van der Waals surface area (Å²) in [5.41, 5.74) is 6.15. The summed E-state index contributed by atoms with van der Waals surface area (Å²) < 4.78 is 46.4. The van der Waals surface area contributed by atoms with Crippen molar-refractivity contribution in [3.05, 3.63) is 59.5 Å². The van der Waals surface area contributed by atoms with Gasteiger partial charge in [-0.2, -0.15) is 18.3 Å². The molecule has 4 aromatic rings. The molecule has 0 atom stereocenters. The molecule has 5 heterocycles. The minimum Gasteiger partial charge on any atom is -0.383 e. The lowest BCUT2D eigenvalue weighted by atomic mass is 9.69. The summed E-state index contributed by atoms with van der Waals surface area (Å²) in [5, 5.41) is 7.95. The summed E-state index contributed by atoms with van der Waals surface area (Å²) in [4.78, 5) is 35.8. The van der Waals surface area contributed by atoms with Crippen LogP contribution in [0.25, 0.3) is 21.8 Å². The third kappa shape index (κ3) is 4.04.